The summed E-state index contributed by atoms with van der Waals surface area (Å²) < 4.78 is 25.5. The second kappa shape index (κ2) is 6.09. The maximum Gasteiger partial charge on any atom is 0.234 e. The first-order valence-corrected chi connectivity index (χ1v) is 7.78. The van der Waals surface area contributed by atoms with E-state index in [-0.39, 0.29) is 5.75 Å². The lowest BCUT2D eigenvalue weighted by molar-refractivity contribution is 0.591. The molecule has 1 N–H and O–H groups in total. The molecule has 0 unspecified atom stereocenters. The van der Waals surface area contributed by atoms with Crippen molar-refractivity contribution in [2.45, 2.75) is 26.7 Å². The van der Waals surface area contributed by atoms with Gasteiger partial charge in [-0.15, -0.1) is 0 Å². The third-order valence-electron chi connectivity index (χ3n) is 3.02. The van der Waals surface area contributed by atoms with Gasteiger partial charge in [-0.25, -0.2) is 8.42 Å². The molecule has 0 saturated heterocycles. The molecule has 0 aliphatic heterocycles. The Morgan fingerprint density at radius 1 is 1.33 bits per heavy atom. The van der Waals surface area contributed by atoms with Gasteiger partial charge in [0, 0.05) is 19.8 Å². The monoisotopic (exact) mass is 270 g/mol. The number of aryl methyl sites for hydroxylation is 1. The van der Waals surface area contributed by atoms with E-state index in [1.165, 1.54) is 4.31 Å². The Labute approximate surface area is 110 Å². The van der Waals surface area contributed by atoms with Crippen LogP contribution in [0.25, 0.3) is 0 Å². The first-order chi connectivity index (χ1) is 8.42. The highest BCUT2D eigenvalue weighted by atomic mass is 32.2. The molecule has 102 valence electrons. The molecule has 0 bridgehead atoms. The predicted octanol–water partition coefficient (Wildman–Crippen LogP) is 2.60. The lowest BCUT2D eigenvalue weighted by Gasteiger charge is -2.20. The van der Waals surface area contributed by atoms with Crippen molar-refractivity contribution in [3.8, 4) is 0 Å². The van der Waals surface area contributed by atoms with Gasteiger partial charge in [-0.3, -0.25) is 4.31 Å². The molecule has 0 atom stereocenters. The molecule has 0 spiro atoms. The maximum atomic E-state index is 12.1. The van der Waals surface area contributed by atoms with Crippen LogP contribution in [-0.4, -0.2) is 28.3 Å². The first kappa shape index (κ1) is 14.8. The molecule has 1 aromatic rings. The number of rotatable bonds is 6. The summed E-state index contributed by atoms with van der Waals surface area (Å²) >= 11 is 0. The molecular formula is C13H22N2O2S. The van der Waals surface area contributed by atoms with Crippen LogP contribution in [0.15, 0.2) is 18.2 Å². The molecule has 0 aromatic heterocycles. The summed E-state index contributed by atoms with van der Waals surface area (Å²) in [4.78, 5) is 0. The van der Waals surface area contributed by atoms with Gasteiger partial charge in [0.2, 0.25) is 10.0 Å². The third-order valence-corrected chi connectivity index (χ3v) is 4.87. The fourth-order valence-electron chi connectivity index (χ4n) is 1.75. The number of nitrogens with one attached hydrogen (secondary N) is 1. The van der Waals surface area contributed by atoms with Gasteiger partial charge in [0.1, 0.15) is 0 Å². The van der Waals surface area contributed by atoms with E-state index < -0.39 is 10.0 Å². The number of hydrogen-bond acceptors (Lipinski definition) is 3. The van der Waals surface area contributed by atoms with Crippen molar-refractivity contribution in [2.75, 3.05) is 29.5 Å². The Morgan fingerprint density at radius 3 is 2.50 bits per heavy atom. The molecule has 0 amide bonds. The van der Waals surface area contributed by atoms with Crippen molar-refractivity contribution in [2.24, 2.45) is 0 Å². The SMILES string of the molecule is CCCCS(=O)(=O)N(C)c1ccc(NC)c(C)c1. The molecule has 0 aliphatic carbocycles. The van der Waals surface area contributed by atoms with Crippen molar-refractivity contribution in [3.05, 3.63) is 23.8 Å². The minimum absolute atomic E-state index is 0.201. The summed E-state index contributed by atoms with van der Waals surface area (Å²) in [5.41, 5.74) is 2.76. The molecule has 1 aromatic carbocycles. The average Bonchev–Trinajstić information content (AvgIpc) is 2.35. The van der Waals surface area contributed by atoms with Crippen LogP contribution in [0.2, 0.25) is 0 Å². The van der Waals surface area contributed by atoms with Gasteiger partial charge in [0.15, 0.2) is 0 Å². The fourth-order valence-corrected chi connectivity index (χ4v) is 3.11. The van der Waals surface area contributed by atoms with E-state index in [0.717, 1.165) is 17.7 Å². The van der Waals surface area contributed by atoms with Gasteiger partial charge in [-0.1, -0.05) is 13.3 Å². The zero-order valence-electron chi connectivity index (χ0n) is 11.5. The largest absolute Gasteiger partial charge is 0.388 e. The van der Waals surface area contributed by atoms with Crippen LogP contribution in [0.1, 0.15) is 25.3 Å². The van der Waals surface area contributed by atoms with Gasteiger partial charge in [-0.2, -0.15) is 0 Å². The van der Waals surface area contributed by atoms with Crippen LogP contribution in [0, 0.1) is 6.92 Å². The Morgan fingerprint density at radius 2 is 2.00 bits per heavy atom. The van der Waals surface area contributed by atoms with E-state index in [0.29, 0.717) is 12.1 Å². The zero-order valence-corrected chi connectivity index (χ0v) is 12.3. The van der Waals surface area contributed by atoms with Crippen molar-refractivity contribution in [3.63, 3.8) is 0 Å². The molecule has 0 fully saturated rings. The van der Waals surface area contributed by atoms with E-state index in [2.05, 4.69) is 5.32 Å². The molecule has 4 nitrogen and oxygen atoms in total. The molecule has 0 radical (unpaired) electrons. The van der Waals surface area contributed by atoms with Gasteiger partial charge in [-0.05, 0) is 37.1 Å². The Hall–Kier alpha value is -1.23. The summed E-state index contributed by atoms with van der Waals surface area (Å²) in [6, 6.07) is 5.61. The second-order valence-electron chi connectivity index (χ2n) is 4.39. The quantitative estimate of drug-likeness (QED) is 0.864. The average molecular weight is 270 g/mol. The Bertz CT molecular complexity index is 498. The van der Waals surface area contributed by atoms with Crippen molar-refractivity contribution < 1.29 is 8.42 Å². The van der Waals surface area contributed by atoms with Crippen molar-refractivity contribution in [1.29, 1.82) is 0 Å². The topological polar surface area (TPSA) is 49.4 Å². The van der Waals surface area contributed by atoms with Crippen molar-refractivity contribution in [1.82, 2.24) is 0 Å². The van der Waals surface area contributed by atoms with Gasteiger partial charge >= 0.3 is 0 Å². The number of sulfonamides is 1. The lowest BCUT2D eigenvalue weighted by atomic mass is 10.2. The normalized spacial score (nSPS) is 11.3. The summed E-state index contributed by atoms with van der Waals surface area (Å²) in [6.45, 7) is 3.95. The van der Waals surface area contributed by atoms with Crippen LogP contribution in [0.3, 0.4) is 0 Å². The van der Waals surface area contributed by atoms with E-state index in [9.17, 15) is 8.42 Å². The minimum atomic E-state index is -3.20. The van der Waals surface area contributed by atoms with Crippen LogP contribution < -0.4 is 9.62 Å². The molecule has 5 heteroatoms. The standard InChI is InChI=1S/C13H22N2O2S/c1-5-6-9-18(16,17)15(4)12-7-8-13(14-3)11(2)10-12/h7-8,10,14H,5-6,9H2,1-4H3. The highest BCUT2D eigenvalue weighted by Gasteiger charge is 2.17. The number of hydrogen-bond donors (Lipinski definition) is 1. The zero-order chi connectivity index (χ0) is 13.8. The predicted molar refractivity (Wildman–Crippen MR) is 77.8 cm³/mol. The van der Waals surface area contributed by atoms with E-state index in [1.54, 1.807) is 7.05 Å². The van der Waals surface area contributed by atoms with Crippen molar-refractivity contribution >= 4 is 21.4 Å². The number of nitrogens with zero attached hydrogens (tertiary/aromatic N) is 1. The number of benzene rings is 1. The van der Waals surface area contributed by atoms with Gasteiger partial charge < -0.3 is 5.32 Å². The fraction of sp³-hybridized carbons (Fsp3) is 0.538. The molecule has 18 heavy (non-hydrogen) atoms. The summed E-state index contributed by atoms with van der Waals surface area (Å²) in [6.07, 6.45) is 1.57. The number of anilines is 2. The van der Waals surface area contributed by atoms with Crippen LogP contribution in [0.5, 0.6) is 0 Å². The summed E-state index contributed by atoms with van der Waals surface area (Å²) in [7, 11) is 0.262. The highest BCUT2D eigenvalue weighted by Crippen LogP contribution is 2.23. The highest BCUT2D eigenvalue weighted by molar-refractivity contribution is 7.92. The van der Waals surface area contributed by atoms with Crippen LogP contribution >= 0.6 is 0 Å². The molecular weight excluding hydrogens is 248 g/mol. The van der Waals surface area contributed by atoms with Crippen LogP contribution in [0.4, 0.5) is 11.4 Å². The minimum Gasteiger partial charge on any atom is -0.388 e. The molecule has 0 saturated carbocycles. The Balaban J connectivity index is 2.97. The Kier molecular flexibility index (Phi) is 5.02. The summed E-state index contributed by atoms with van der Waals surface area (Å²) in [5.74, 6) is 0.201. The maximum absolute atomic E-state index is 12.1. The third kappa shape index (κ3) is 3.38. The molecule has 0 aliphatic rings. The van der Waals surface area contributed by atoms with E-state index in [1.807, 2.05) is 39.1 Å². The molecule has 1 rings (SSSR count). The second-order valence-corrected chi connectivity index (χ2v) is 6.51. The first-order valence-electron chi connectivity index (χ1n) is 6.17. The van der Waals surface area contributed by atoms with E-state index >= 15 is 0 Å². The van der Waals surface area contributed by atoms with E-state index in [4.69, 9.17) is 0 Å². The summed E-state index contributed by atoms with van der Waals surface area (Å²) in [5, 5.41) is 3.07. The van der Waals surface area contributed by atoms with Gasteiger partial charge in [0.05, 0.1) is 11.4 Å². The van der Waals surface area contributed by atoms with Gasteiger partial charge in [0.25, 0.3) is 0 Å². The van der Waals surface area contributed by atoms with Crippen LogP contribution in [-0.2, 0) is 10.0 Å². The number of unbranched alkanes of at least 4 members (excludes halogenated alkanes) is 1. The smallest absolute Gasteiger partial charge is 0.234 e. The molecule has 0 heterocycles. The lowest BCUT2D eigenvalue weighted by Crippen LogP contribution is -2.29.